The molecule has 3 rings (SSSR count). The first-order valence-electron chi connectivity index (χ1n) is 13.1. The summed E-state index contributed by atoms with van der Waals surface area (Å²) in [6, 6.07) is 7.68. The van der Waals surface area contributed by atoms with Crippen molar-refractivity contribution in [2.45, 2.75) is 46.6 Å². The van der Waals surface area contributed by atoms with Crippen molar-refractivity contribution >= 4 is 5.97 Å². The van der Waals surface area contributed by atoms with Crippen molar-refractivity contribution in [1.82, 2.24) is 9.88 Å². The highest BCUT2D eigenvalue weighted by molar-refractivity contribution is 5.71. The Morgan fingerprint density at radius 3 is 2.85 bits per heavy atom. The first kappa shape index (κ1) is 29.7. The molecule has 1 unspecified atom stereocenters. The van der Waals surface area contributed by atoms with Gasteiger partial charge < -0.3 is 23.7 Å². The highest BCUT2D eigenvalue weighted by atomic mass is 16.7. The molecule has 1 aliphatic rings. The van der Waals surface area contributed by atoms with Gasteiger partial charge in [-0.25, -0.2) is 0 Å². The largest absolute Gasteiger partial charge is 0.499 e. The van der Waals surface area contributed by atoms with Crippen LogP contribution in [0.2, 0.25) is 0 Å². The summed E-state index contributed by atoms with van der Waals surface area (Å²) in [6.45, 7) is 12.3. The number of aromatic nitrogens is 1. The predicted molar refractivity (Wildman–Crippen MR) is 146 cm³/mol. The lowest BCUT2D eigenvalue weighted by Gasteiger charge is -2.30. The SMILES string of the molecule is C=C/C=C/OCCOC(C)Oc1cc2c(c(OCc3cncc(C#N)c3)c1)CN(CC(=O)OCC(C)C)CC2. The maximum absolute atomic E-state index is 12.3. The molecular weight excluding hydrogens is 498 g/mol. The molecule has 0 amide bonds. The number of carbonyl (C=O) groups excluding carboxylic acids is 1. The normalized spacial score (nSPS) is 13.9. The Morgan fingerprint density at radius 2 is 2.08 bits per heavy atom. The zero-order chi connectivity index (χ0) is 28.0. The lowest BCUT2D eigenvalue weighted by Crippen LogP contribution is -2.36. The standard InChI is InChI=1S/C30H37N3O6/c1-5-6-9-35-10-11-36-23(4)39-27-13-26-7-8-33(19-30(34)38-20-22(2)3)18-28(26)29(14-27)37-21-25-12-24(15-31)16-32-17-25/h5-6,9,12-14,16-17,22-23H,1,7-8,10-11,18-21H2,2-4H3/b9-6+. The highest BCUT2D eigenvalue weighted by Crippen LogP contribution is 2.34. The van der Waals surface area contributed by atoms with Gasteiger partial charge >= 0.3 is 5.97 Å². The van der Waals surface area contributed by atoms with Crippen molar-refractivity contribution in [3.8, 4) is 17.6 Å². The molecule has 0 fully saturated rings. The van der Waals surface area contributed by atoms with E-state index in [-0.39, 0.29) is 25.0 Å². The van der Waals surface area contributed by atoms with Gasteiger partial charge in [0.1, 0.15) is 30.8 Å². The van der Waals surface area contributed by atoms with Gasteiger partial charge in [-0.15, -0.1) is 0 Å². The Balaban J connectivity index is 1.71. The Morgan fingerprint density at radius 1 is 1.23 bits per heavy atom. The molecule has 208 valence electrons. The van der Waals surface area contributed by atoms with Gasteiger partial charge in [0.15, 0.2) is 6.29 Å². The maximum atomic E-state index is 12.3. The lowest BCUT2D eigenvalue weighted by molar-refractivity contribution is -0.146. The topological polar surface area (TPSA) is 103 Å². The second kappa shape index (κ2) is 15.5. The minimum Gasteiger partial charge on any atom is -0.499 e. The number of esters is 1. The zero-order valence-corrected chi connectivity index (χ0v) is 22.9. The number of hydrogen-bond donors (Lipinski definition) is 0. The molecule has 0 aliphatic carbocycles. The van der Waals surface area contributed by atoms with Crippen LogP contribution in [-0.2, 0) is 38.6 Å². The molecule has 0 N–H and O–H groups in total. The van der Waals surface area contributed by atoms with Crippen molar-refractivity contribution in [2.75, 3.05) is 32.9 Å². The fraction of sp³-hybridized carbons (Fsp3) is 0.433. The van der Waals surface area contributed by atoms with Gasteiger partial charge in [-0.3, -0.25) is 14.7 Å². The van der Waals surface area contributed by atoms with E-state index >= 15 is 0 Å². The molecule has 1 aliphatic heterocycles. The minimum absolute atomic E-state index is 0.215. The average molecular weight is 536 g/mol. The van der Waals surface area contributed by atoms with Gasteiger partial charge in [0.2, 0.25) is 0 Å². The molecule has 2 aromatic rings. The molecule has 0 saturated carbocycles. The summed E-state index contributed by atoms with van der Waals surface area (Å²) in [5, 5.41) is 9.19. The van der Waals surface area contributed by atoms with E-state index in [1.54, 1.807) is 30.7 Å². The predicted octanol–water partition coefficient (Wildman–Crippen LogP) is 4.55. The second-order valence-electron chi connectivity index (χ2n) is 9.57. The number of nitrogens with zero attached hydrogens (tertiary/aromatic N) is 3. The molecular formula is C30H37N3O6. The Labute approximate surface area is 230 Å². The number of carbonyl (C=O) groups is 1. The fourth-order valence-electron chi connectivity index (χ4n) is 3.93. The summed E-state index contributed by atoms with van der Waals surface area (Å²) in [7, 11) is 0. The first-order chi connectivity index (χ1) is 18.9. The summed E-state index contributed by atoms with van der Waals surface area (Å²) >= 11 is 0. The summed E-state index contributed by atoms with van der Waals surface area (Å²) in [4.78, 5) is 18.5. The number of nitriles is 1. The molecule has 1 atom stereocenters. The van der Waals surface area contributed by atoms with E-state index in [4.69, 9.17) is 23.7 Å². The van der Waals surface area contributed by atoms with Crippen LogP contribution in [-0.4, -0.2) is 55.1 Å². The van der Waals surface area contributed by atoms with Crippen LogP contribution in [0.3, 0.4) is 0 Å². The van der Waals surface area contributed by atoms with E-state index in [0.717, 1.165) is 23.1 Å². The van der Waals surface area contributed by atoms with E-state index in [1.807, 2.05) is 32.9 Å². The van der Waals surface area contributed by atoms with Crippen molar-refractivity contribution in [3.63, 3.8) is 0 Å². The quantitative estimate of drug-likeness (QED) is 0.107. The van der Waals surface area contributed by atoms with Crippen LogP contribution in [0.25, 0.3) is 0 Å². The van der Waals surface area contributed by atoms with E-state index in [1.165, 1.54) is 6.20 Å². The third-order valence-electron chi connectivity index (χ3n) is 5.77. The molecule has 0 spiro atoms. The first-order valence-corrected chi connectivity index (χ1v) is 13.1. The molecule has 2 heterocycles. The van der Waals surface area contributed by atoms with Gasteiger partial charge in [0.05, 0.1) is 31.6 Å². The number of fused-ring (bicyclic) bond motifs is 1. The van der Waals surface area contributed by atoms with Crippen LogP contribution in [0.15, 0.2) is 55.6 Å². The molecule has 1 aromatic heterocycles. The third-order valence-corrected chi connectivity index (χ3v) is 5.77. The second-order valence-corrected chi connectivity index (χ2v) is 9.57. The summed E-state index contributed by atoms with van der Waals surface area (Å²) in [5.74, 6) is 1.33. The van der Waals surface area contributed by atoms with Crippen LogP contribution < -0.4 is 9.47 Å². The maximum Gasteiger partial charge on any atom is 0.320 e. The molecule has 39 heavy (non-hydrogen) atoms. The monoisotopic (exact) mass is 535 g/mol. The number of benzene rings is 1. The van der Waals surface area contributed by atoms with Gasteiger partial charge in [0.25, 0.3) is 0 Å². The Kier molecular flexibility index (Phi) is 11.8. The van der Waals surface area contributed by atoms with Crippen LogP contribution in [0, 0.1) is 17.2 Å². The third kappa shape index (κ3) is 10.1. The van der Waals surface area contributed by atoms with Crippen molar-refractivity contribution in [3.05, 3.63) is 77.8 Å². The highest BCUT2D eigenvalue weighted by Gasteiger charge is 2.24. The van der Waals surface area contributed by atoms with Crippen LogP contribution in [0.1, 0.15) is 43.0 Å². The number of rotatable bonds is 15. The van der Waals surface area contributed by atoms with Gasteiger partial charge in [0, 0.05) is 42.7 Å². The zero-order valence-electron chi connectivity index (χ0n) is 22.9. The number of allylic oxidation sites excluding steroid dienone is 2. The number of ether oxygens (including phenoxy) is 5. The molecule has 0 saturated heterocycles. The van der Waals surface area contributed by atoms with Crippen LogP contribution >= 0.6 is 0 Å². The van der Waals surface area contributed by atoms with Crippen LogP contribution in [0.5, 0.6) is 11.5 Å². The van der Waals surface area contributed by atoms with E-state index < -0.39 is 6.29 Å². The smallest absolute Gasteiger partial charge is 0.320 e. The molecule has 9 nitrogen and oxygen atoms in total. The molecule has 0 bridgehead atoms. The number of hydrogen-bond acceptors (Lipinski definition) is 9. The van der Waals surface area contributed by atoms with Crippen molar-refractivity contribution < 1.29 is 28.5 Å². The Bertz CT molecular complexity index is 1170. The average Bonchev–Trinajstić information content (AvgIpc) is 2.92. The van der Waals surface area contributed by atoms with E-state index in [9.17, 15) is 10.1 Å². The number of pyridine rings is 1. The summed E-state index contributed by atoms with van der Waals surface area (Å²) in [5.41, 5.74) is 3.33. The van der Waals surface area contributed by atoms with Gasteiger partial charge in [-0.1, -0.05) is 26.5 Å². The van der Waals surface area contributed by atoms with E-state index in [2.05, 4.69) is 22.5 Å². The van der Waals surface area contributed by atoms with Crippen LogP contribution in [0.4, 0.5) is 0 Å². The van der Waals surface area contributed by atoms with E-state index in [0.29, 0.717) is 50.0 Å². The molecule has 1 aromatic carbocycles. The van der Waals surface area contributed by atoms with Crippen molar-refractivity contribution in [1.29, 1.82) is 5.26 Å². The fourth-order valence-corrected chi connectivity index (χ4v) is 3.93. The Hall–Kier alpha value is -3.87. The van der Waals surface area contributed by atoms with Gasteiger partial charge in [-0.2, -0.15) is 5.26 Å². The lowest BCUT2D eigenvalue weighted by atomic mass is 9.98. The van der Waals surface area contributed by atoms with Gasteiger partial charge in [-0.05, 0) is 43.0 Å². The van der Waals surface area contributed by atoms with Crippen molar-refractivity contribution in [2.24, 2.45) is 5.92 Å². The summed E-state index contributed by atoms with van der Waals surface area (Å²) in [6.07, 6.45) is 8.31. The molecule has 9 heteroatoms. The summed E-state index contributed by atoms with van der Waals surface area (Å²) < 4.78 is 28.7. The molecule has 0 radical (unpaired) electrons. The minimum atomic E-state index is -0.504.